The molecule has 0 unspecified atom stereocenters. The normalized spacial score (nSPS) is 9.53. The fourth-order valence-corrected chi connectivity index (χ4v) is 1.57. The number of nitrogen functional groups attached to an aromatic ring is 1. The standard InChI is InChI=1S/C11H9Cl2N3O3/c12-8-4-6(15)3-7(10(8)13)11(18)19-5-9(17)16-2-1-14/h3-4H,2,5,15H2,(H,16,17). The molecular weight excluding hydrogens is 293 g/mol. The van der Waals surface area contributed by atoms with Crippen molar-refractivity contribution in [3.05, 3.63) is 27.7 Å². The van der Waals surface area contributed by atoms with Crippen LogP contribution in [0.3, 0.4) is 0 Å². The maximum Gasteiger partial charge on any atom is 0.340 e. The van der Waals surface area contributed by atoms with Crippen LogP contribution in [0.15, 0.2) is 12.1 Å². The van der Waals surface area contributed by atoms with E-state index in [1.54, 1.807) is 6.07 Å². The number of amides is 1. The fraction of sp³-hybridized carbons (Fsp3) is 0.182. The first-order valence-electron chi connectivity index (χ1n) is 5.01. The van der Waals surface area contributed by atoms with E-state index in [2.05, 4.69) is 5.32 Å². The number of esters is 1. The molecule has 1 amide bonds. The molecule has 0 heterocycles. The number of hydrogen-bond acceptors (Lipinski definition) is 5. The third-order valence-corrected chi connectivity index (χ3v) is 2.77. The lowest BCUT2D eigenvalue weighted by Crippen LogP contribution is -2.29. The van der Waals surface area contributed by atoms with Gasteiger partial charge in [-0.15, -0.1) is 0 Å². The number of benzene rings is 1. The van der Waals surface area contributed by atoms with Crippen molar-refractivity contribution in [2.45, 2.75) is 0 Å². The van der Waals surface area contributed by atoms with E-state index in [0.29, 0.717) is 0 Å². The largest absolute Gasteiger partial charge is 0.452 e. The third-order valence-electron chi connectivity index (χ3n) is 1.97. The molecule has 0 spiro atoms. The summed E-state index contributed by atoms with van der Waals surface area (Å²) in [7, 11) is 0. The summed E-state index contributed by atoms with van der Waals surface area (Å²) >= 11 is 11.6. The lowest BCUT2D eigenvalue weighted by atomic mass is 10.2. The van der Waals surface area contributed by atoms with Crippen LogP contribution in [0.1, 0.15) is 10.4 Å². The van der Waals surface area contributed by atoms with Crippen LogP contribution in [0.2, 0.25) is 10.0 Å². The van der Waals surface area contributed by atoms with Gasteiger partial charge in [-0.2, -0.15) is 5.26 Å². The SMILES string of the molecule is N#CCNC(=O)COC(=O)c1cc(N)cc(Cl)c1Cl. The predicted octanol–water partition coefficient (Wildman–Crippen LogP) is 1.37. The van der Waals surface area contributed by atoms with Crippen LogP contribution in [0.25, 0.3) is 0 Å². The van der Waals surface area contributed by atoms with Gasteiger partial charge in [-0.05, 0) is 12.1 Å². The molecule has 0 bridgehead atoms. The number of carbonyl (C=O) groups is 2. The van der Waals surface area contributed by atoms with E-state index in [9.17, 15) is 9.59 Å². The molecule has 1 rings (SSSR count). The maximum absolute atomic E-state index is 11.7. The van der Waals surface area contributed by atoms with Gasteiger partial charge in [0.05, 0.1) is 21.7 Å². The molecule has 100 valence electrons. The number of nitrogens with two attached hydrogens (primary N) is 1. The zero-order valence-electron chi connectivity index (χ0n) is 9.57. The Morgan fingerprint density at radius 3 is 2.74 bits per heavy atom. The predicted molar refractivity (Wildman–Crippen MR) is 69.8 cm³/mol. The van der Waals surface area contributed by atoms with Gasteiger partial charge in [0.25, 0.3) is 5.91 Å². The van der Waals surface area contributed by atoms with Crippen LogP contribution in [-0.2, 0) is 9.53 Å². The zero-order valence-corrected chi connectivity index (χ0v) is 11.1. The summed E-state index contributed by atoms with van der Waals surface area (Å²) in [6.07, 6.45) is 0. The minimum Gasteiger partial charge on any atom is -0.452 e. The van der Waals surface area contributed by atoms with Gasteiger partial charge in [0.1, 0.15) is 6.54 Å². The van der Waals surface area contributed by atoms with Crippen molar-refractivity contribution >= 4 is 40.8 Å². The number of ether oxygens (including phenoxy) is 1. The first-order valence-corrected chi connectivity index (χ1v) is 5.76. The Hall–Kier alpha value is -1.97. The number of halogens is 2. The van der Waals surface area contributed by atoms with Crippen molar-refractivity contribution in [3.8, 4) is 6.07 Å². The number of carbonyl (C=O) groups excluding carboxylic acids is 2. The molecule has 0 aliphatic carbocycles. The van der Waals surface area contributed by atoms with Crippen molar-refractivity contribution < 1.29 is 14.3 Å². The van der Waals surface area contributed by atoms with Crippen LogP contribution in [0, 0.1) is 11.3 Å². The van der Waals surface area contributed by atoms with E-state index < -0.39 is 18.5 Å². The van der Waals surface area contributed by atoms with Crippen LogP contribution in [0.5, 0.6) is 0 Å². The van der Waals surface area contributed by atoms with Crippen LogP contribution in [0.4, 0.5) is 5.69 Å². The van der Waals surface area contributed by atoms with E-state index in [4.69, 9.17) is 38.9 Å². The van der Waals surface area contributed by atoms with Gasteiger partial charge in [-0.3, -0.25) is 4.79 Å². The number of hydrogen-bond donors (Lipinski definition) is 2. The Morgan fingerprint density at radius 1 is 1.42 bits per heavy atom. The third kappa shape index (κ3) is 4.32. The van der Waals surface area contributed by atoms with Crippen molar-refractivity contribution in [1.82, 2.24) is 5.32 Å². The molecule has 0 aliphatic rings. The zero-order chi connectivity index (χ0) is 14.4. The summed E-state index contributed by atoms with van der Waals surface area (Å²) in [6, 6.07) is 4.40. The lowest BCUT2D eigenvalue weighted by molar-refractivity contribution is -0.123. The molecule has 0 fully saturated rings. The van der Waals surface area contributed by atoms with Gasteiger partial charge in [0.15, 0.2) is 6.61 Å². The second-order valence-corrected chi connectivity index (χ2v) is 4.16. The minimum absolute atomic E-state index is 0.00157. The Morgan fingerprint density at radius 2 is 2.11 bits per heavy atom. The van der Waals surface area contributed by atoms with Crippen molar-refractivity contribution in [1.29, 1.82) is 5.26 Å². The van der Waals surface area contributed by atoms with E-state index in [1.165, 1.54) is 12.1 Å². The molecule has 8 heteroatoms. The fourth-order valence-electron chi connectivity index (χ4n) is 1.16. The Balaban J connectivity index is 2.69. The number of nitrogens with zero attached hydrogens (tertiary/aromatic N) is 1. The average Bonchev–Trinajstić information content (AvgIpc) is 2.37. The quantitative estimate of drug-likeness (QED) is 0.496. The highest BCUT2D eigenvalue weighted by Crippen LogP contribution is 2.29. The summed E-state index contributed by atoms with van der Waals surface area (Å²) in [6.45, 7) is -0.690. The molecule has 0 saturated heterocycles. The van der Waals surface area contributed by atoms with Gasteiger partial charge in [-0.1, -0.05) is 23.2 Å². The van der Waals surface area contributed by atoms with E-state index in [-0.39, 0.29) is 27.8 Å². The Bertz CT molecular complexity index is 555. The highest BCUT2D eigenvalue weighted by atomic mass is 35.5. The molecule has 0 saturated carbocycles. The molecule has 3 N–H and O–H groups in total. The highest BCUT2D eigenvalue weighted by Gasteiger charge is 2.16. The summed E-state index contributed by atoms with van der Waals surface area (Å²) in [5, 5.41) is 10.6. The second-order valence-electron chi connectivity index (χ2n) is 3.38. The summed E-state index contributed by atoms with van der Waals surface area (Å²) in [5.41, 5.74) is 5.74. The van der Waals surface area contributed by atoms with Crippen LogP contribution >= 0.6 is 23.2 Å². The van der Waals surface area contributed by atoms with Gasteiger partial charge in [0.2, 0.25) is 0 Å². The molecule has 0 radical (unpaired) electrons. The lowest BCUT2D eigenvalue weighted by Gasteiger charge is -2.08. The average molecular weight is 302 g/mol. The Kier molecular flexibility index (Phi) is 5.42. The molecule has 1 aromatic carbocycles. The van der Waals surface area contributed by atoms with Gasteiger partial charge >= 0.3 is 5.97 Å². The van der Waals surface area contributed by atoms with Gasteiger partial charge < -0.3 is 15.8 Å². The maximum atomic E-state index is 11.7. The molecule has 0 aliphatic heterocycles. The Labute approximate surface area is 119 Å². The molecular formula is C11H9Cl2N3O3. The minimum atomic E-state index is -0.827. The molecule has 0 aromatic heterocycles. The number of rotatable bonds is 4. The monoisotopic (exact) mass is 301 g/mol. The van der Waals surface area contributed by atoms with Gasteiger partial charge in [0, 0.05) is 5.69 Å². The summed E-state index contributed by atoms with van der Waals surface area (Å²) in [5.74, 6) is -1.42. The van der Waals surface area contributed by atoms with Crippen LogP contribution < -0.4 is 11.1 Å². The first kappa shape index (κ1) is 15.1. The van der Waals surface area contributed by atoms with Crippen molar-refractivity contribution in [3.63, 3.8) is 0 Å². The van der Waals surface area contributed by atoms with E-state index in [0.717, 1.165) is 0 Å². The van der Waals surface area contributed by atoms with Crippen molar-refractivity contribution in [2.75, 3.05) is 18.9 Å². The first-order chi connectivity index (χ1) is 8.95. The topological polar surface area (TPSA) is 105 Å². The van der Waals surface area contributed by atoms with Crippen molar-refractivity contribution in [2.24, 2.45) is 0 Å². The number of nitriles is 1. The molecule has 0 atom stereocenters. The van der Waals surface area contributed by atoms with E-state index >= 15 is 0 Å². The second kappa shape index (κ2) is 6.83. The van der Waals surface area contributed by atoms with Gasteiger partial charge in [-0.25, -0.2) is 4.79 Å². The molecule has 19 heavy (non-hydrogen) atoms. The summed E-state index contributed by atoms with van der Waals surface area (Å²) in [4.78, 5) is 22.8. The summed E-state index contributed by atoms with van der Waals surface area (Å²) < 4.78 is 4.72. The number of nitrogens with one attached hydrogen (secondary N) is 1. The van der Waals surface area contributed by atoms with Crippen LogP contribution in [-0.4, -0.2) is 25.0 Å². The molecule has 1 aromatic rings. The van der Waals surface area contributed by atoms with E-state index in [1.807, 2.05) is 0 Å². The smallest absolute Gasteiger partial charge is 0.340 e. The number of anilines is 1. The molecule has 6 nitrogen and oxygen atoms in total. The highest BCUT2D eigenvalue weighted by molar-refractivity contribution is 6.44.